The highest BCUT2D eigenvalue weighted by atomic mass is 32.2. The monoisotopic (exact) mass is 261 g/mol. The Morgan fingerprint density at radius 3 is 2.18 bits per heavy atom. The number of sulfonamides is 1. The molecule has 0 saturated heterocycles. The van der Waals surface area contributed by atoms with E-state index in [1.165, 1.54) is 7.05 Å². The zero-order valence-corrected chi connectivity index (χ0v) is 12.3. The highest BCUT2D eigenvalue weighted by Crippen LogP contribution is 2.01. The molecule has 5 nitrogen and oxygen atoms in total. The van der Waals surface area contributed by atoms with Crippen molar-refractivity contribution in [3.05, 3.63) is 0 Å². The predicted octanol–water partition coefficient (Wildman–Crippen LogP) is 1.62. The summed E-state index contributed by atoms with van der Waals surface area (Å²) >= 11 is 0. The van der Waals surface area contributed by atoms with Gasteiger partial charge in [0.05, 0.1) is 6.26 Å². The lowest BCUT2D eigenvalue weighted by Crippen LogP contribution is -2.31. The Bertz CT molecular complexity index is 384. The van der Waals surface area contributed by atoms with E-state index in [-0.39, 0.29) is 11.9 Å². The Balaban J connectivity index is 5.05. The average molecular weight is 261 g/mol. The zero-order chi connectivity index (χ0) is 13.6. The van der Waals surface area contributed by atoms with Crippen LogP contribution in [0.4, 0.5) is 0 Å². The number of hydrogen-bond acceptors (Lipinski definition) is 3. The van der Waals surface area contributed by atoms with Crippen molar-refractivity contribution in [3.8, 4) is 0 Å². The number of hydrogen-bond donors (Lipinski definition) is 0. The Morgan fingerprint density at radius 1 is 1.29 bits per heavy atom. The number of aliphatic imine (C=N–C) groups is 2. The van der Waals surface area contributed by atoms with Crippen LogP contribution in [0.15, 0.2) is 9.98 Å². The maximum absolute atomic E-state index is 11.4. The summed E-state index contributed by atoms with van der Waals surface area (Å²) in [6.07, 6.45) is 2.84. The molecule has 0 spiro atoms. The third-order valence-corrected chi connectivity index (χ3v) is 3.02. The average Bonchev–Trinajstić information content (AvgIpc) is 2.14. The summed E-state index contributed by atoms with van der Waals surface area (Å²) < 4.78 is 24.0. The van der Waals surface area contributed by atoms with Crippen LogP contribution in [0.5, 0.6) is 0 Å². The Hall–Kier alpha value is -0.910. The molecule has 0 heterocycles. The molecule has 0 aromatic carbocycles. The molecule has 0 radical (unpaired) electrons. The number of rotatable bonds is 4. The summed E-state index contributed by atoms with van der Waals surface area (Å²) in [5.74, 6) is 0.870. The maximum atomic E-state index is 11.4. The normalized spacial score (nSPS) is 14.0. The van der Waals surface area contributed by atoms with Gasteiger partial charge in [-0.2, -0.15) is 0 Å². The largest absolute Gasteiger partial charge is 0.250 e. The quantitative estimate of drug-likeness (QED) is 0.570. The second kappa shape index (κ2) is 6.74. The summed E-state index contributed by atoms with van der Waals surface area (Å²) in [5.41, 5.74) is 0. The zero-order valence-electron chi connectivity index (χ0n) is 11.5. The fraction of sp³-hybridized carbons (Fsp3) is 0.818. The van der Waals surface area contributed by atoms with Crippen molar-refractivity contribution < 1.29 is 8.42 Å². The Morgan fingerprint density at radius 2 is 1.82 bits per heavy atom. The molecule has 0 unspecified atom stereocenters. The van der Waals surface area contributed by atoms with Gasteiger partial charge in [-0.15, -0.1) is 0 Å². The van der Waals surface area contributed by atoms with E-state index in [1.54, 1.807) is 6.21 Å². The lowest BCUT2D eigenvalue weighted by atomic mass is 10.2. The van der Waals surface area contributed by atoms with Crippen LogP contribution >= 0.6 is 0 Å². The predicted molar refractivity (Wildman–Crippen MR) is 73.1 cm³/mol. The van der Waals surface area contributed by atoms with E-state index in [1.807, 2.05) is 27.7 Å². The molecule has 0 atom stereocenters. The Kier molecular flexibility index (Phi) is 6.37. The van der Waals surface area contributed by atoms with Gasteiger partial charge in [0.2, 0.25) is 16.0 Å². The van der Waals surface area contributed by atoms with Gasteiger partial charge in [-0.3, -0.25) is 4.99 Å². The SMILES string of the molecule is CC(C)/C=N\C(=N/CC(C)C)N(C)S(C)(=O)=O. The molecular formula is C11H23N3O2S. The number of guanidine groups is 1. The first-order valence-electron chi connectivity index (χ1n) is 5.67. The van der Waals surface area contributed by atoms with Gasteiger partial charge in [0.15, 0.2) is 0 Å². The molecule has 100 valence electrons. The summed E-state index contributed by atoms with van der Waals surface area (Å²) in [5, 5.41) is 0. The van der Waals surface area contributed by atoms with Gasteiger partial charge in [0.1, 0.15) is 0 Å². The van der Waals surface area contributed by atoms with Crippen molar-refractivity contribution in [3.63, 3.8) is 0 Å². The first-order valence-corrected chi connectivity index (χ1v) is 7.52. The minimum Gasteiger partial charge on any atom is -0.250 e. The minimum absolute atomic E-state index is 0.245. The van der Waals surface area contributed by atoms with Gasteiger partial charge >= 0.3 is 0 Å². The van der Waals surface area contributed by atoms with Crippen molar-refractivity contribution in [1.82, 2.24) is 4.31 Å². The fourth-order valence-corrected chi connectivity index (χ4v) is 1.25. The van der Waals surface area contributed by atoms with E-state index in [9.17, 15) is 8.42 Å². The molecule has 17 heavy (non-hydrogen) atoms. The van der Waals surface area contributed by atoms with E-state index in [0.717, 1.165) is 10.6 Å². The van der Waals surface area contributed by atoms with Gasteiger partial charge in [0, 0.05) is 19.8 Å². The first kappa shape index (κ1) is 16.1. The summed E-state index contributed by atoms with van der Waals surface area (Å²) in [6, 6.07) is 0. The second-order valence-electron chi connectivity index (χ2n) is 4.79. The van der Waals surface area contributed by atoms with Gasteiger partial charge in [-0.05, 0) is 11.8 Å². The van der Waals surface area contributed by atoms with Crippen LogP contribution in [0, 0.1) is 11.8 Å². The molecule has 0 saturated carbocycles. The van der Waals surface area contributed by atoms with Gasteiger partial charge in [0.25, 0.3) is 0 Å². The second-order valence-corrected chi connectivity index (χ2v) is 6.80. The summed E-state index contributed by atoms with van der Waals surface area (Å²) in [7, 11) is -1.84. The molecule has 0 aliphatic heterocycles. The van der Waals surface area contributed by atoms with E-state index in [4.69, 9.17) is 0 Å². The van der Waals surface area contributed by atoms with Crippen LogP contribution in [0.2, 0.25) is 0 Å². The van der Waals surface area contributed by atoms with Crippen LogP contribution in [0.25, 0.3) is 0 Å². The van der Waals surface area contributed by atoms with E-state index in [0.29, 0.717) is 12.5 Å². The van der Waals surface area contributed by atoms with Crippen molar-refractivity contribution >= 4 is 22.2 Å². The molecule has 0 aliphatic carbocycles. The molecule has 0 aliphatic rings. The van der Waals surface area contributed by atoms with Crippen molar-refractivity contribution in [2.24, 2.45) is 21.8 Å². The fourth-order valence-electron chi connectivity index (χ4n) is 0.850. The van der Waals surface area contributed by atoms with Gasteiger partial charge < -0.3 is 0 Å². The topological polar surface area (TPSA) is 62.1 Å². The van der Waals surface area contributed by atoms with Gasteiger partial charge in [-0.25, -0.2) is 17.7 Å². The van der Waals surface area contributed by atoms with E-state index in [2.05, 4.69) is 9.98 Å². The summed E-state index contributed by atoms with van der Waals surface area (Å²) in [6.45, 7) is 8.56. The highest BCUT2D eigenvalue weighted by Gasteiger charge is 2.15. The van der Waals surface area contributed by atoms with Crippen LogP contribution in [0.1, 0.15) is 27.7 Å². The highest BCUT2D eigenvalue weighted by molar-refractivity contribution is 7.88. The van der Waals surface area contributed by atoms with Crippen molar-refractivity contribution in [2.45, 2.75) is 27.7 Å². The summed E-state index contributed by atoms with van der Waals surface area (Å²) in [4.78, 5) is 8.36. The van der Waals surface area contributed by atoms with Crippen molar-refractivity contribution in [2.75, 3.05) is 19.8 Å². The van der Waals surface area contributed by atoms with Crippen LogP contribution in [-0.2, 0) is 10.0 Å². The Labute approximate surface area is 105 Å². The maximum Gasteiger partial charge on any atom is 0.234 e. The van der Waals surface area contributed by atoms with Crippen LogP contribution in [-0.4, -0.2) is 44.7 Å². The molecule has 0 amide bonds. The first-order chi connectivity index (χ1) is 7.64. The molecule has 0 bridgehead atoms. The van der Waals surface area contributed by atoms with Crippen LogP contribution < -0.4 is 0 Å². The molecule has 0 N–H and O–H groups in total. The molecule has 0 fully saturated rings. The number of nitrogens with zero attached hydrogens (tertiary/aromatic N) is 3. The third kappa shape index (κ3) is 7.10. The molecule has 0 aromatic rings. The van der Waals surface area contributed by atoms with E-state index >= 15 is 0 Å². The lowest BCUT2D eigenvalue weighted by Gasteiger charge is -2.16. The van der Waals surface area contributed by atoms with E-state index < -0.39 is 10.0 Å². The smallest absolute Gasteiger partial charge is 0.234 e. The van der Waals surface area contributed by atoms with Gasteiger partial charge in [-0.1, -0.05) is 27.7 Å². The molecule has 6 heteroatoms. The molecular weight excluding hydrogens is 238 g/mol. The lowest BCUT2D eigenvalue weighted by molar-refractivity contribution is 0.555. The minimum atomic E-state index is -3.31. The van der Waals surface area contributed by atoms with Crippen molar-refractivity contribution in [1.29, 1.82) is 0 Å². The molecule has 0 rings (SSSR count). The van der Waals surface area contributed by atoms with Crippen LogP contribution in [0.3, 0.4) is 0 Å². The third-order valence-electron chi connectivity index (χ3n) is 1.87. The standard InChI is InChI=1S/C11H23N3O2S/c1-9(2)7-12-11(13-8-10(3)4)14(5)17(6,15)16/h7,9-10H,8H2,1-6H3/b12-7-,13-11+. The molecule has 0 aromatic heterocycles.